The van der Waals surface area contributed by atoms with Gasteiger partial charge in [0, 0.05) is 36.5 Å². The standard InChI is InChI=1S/C23H23FN4O2/c1-3-20-26-21(30-27-20)14-28(2)22(29)13-12-18-17-6-4-5-7-19(17)25-23(18)15-8-10-16(24)11-9-15/h4-11,25H,3,12-14H2,1-2H3. The summed E-state index contributed by atoms with van der Waals surface area (Å²) >= 11 is 0. The molecule has 30 heavy (non-hydrogen) atoms. The number of amides is 1. The number of nitrogens with one attached hydrogen (secondary N) is 1. The highest BCUT2D eigenvalue weighted by Crippen LogP contribution is 2.31. The molecule has 0 saturated heterocycles. The molecule has 0 spiro atoms. The molecule has 0 radical (unpaired) electrons. The summed E-state index contributed by atoms with van der Waals surface area (Å²) in [4.78, 5) is 22.0. The van der Waals surface area contributed by atoms with Gasteiger partial charge in [-0.15, -0.1) is 0 Å². The van der Waals surface area contributed by atoms with E-state index < -0.39 is 0 Å². The van der Waals surface area contributed by atoms with E-state index >= 15 is 0 Å². The van der Waals surface area contributed by atoms with Gasteiger partial charge in [0.15, 0.2) is 5.82 Å². The lowest BCUT2D eigenvalue weighted by Crippen LogP contribution is -2.26. The van der Waals surface area contributed by atoms with E-state index in [2.05, 4.69) is 15.1 Å². The molecule has 0 aliphatic carbocycles. The van der Waals surface area contributed by atoms with Gasteiger partial charge < -0.3 is 14.4 Å². The Labute approximate surface area is 173 Å². The molecule has 0 fully saturated rings. The van der Waals surface area contributed by atoms with Crippen LogP contribution in [-0.2, 0) is 24.2 Å². The van der Waals surface area contributed by atoms with Gasteiger partial charge in [-0.05, 0) is 47.9 Å². The van der Waals surface area contributed by atoms with Gasteiger partial charge >= 0.3 is 0 Å². The lowest BCUT2D eigenvalue weighted by Gasteiger charge is -2.15. The molecule has 2 heterocycles. The molecular formula is C23H23FN4O2. The second-order valence-electron chi connectivity index (χ2n) is 7.24. The second-order valence-corrected chi connectivity index (χ2v) is 7.24. The summed E-state index contributed by atoms with van der Waals surface area (Å²) < 4.78 is 18.6. The van der Waals surface area contributed by atoms with Crippen molar-refractivity contribution in [1.82, 2.24) is 20.0 Å². The van der Waals surface area contributed by atoms with Gasteiger partial charge in [-0.1, -0.05) is 30.3 Å². The average molecular weight is 406 g/mol. The van der Waals surface area contributed by atoms with Crippen molar-refractivity contribution in [3.63, 3.8) is 0 Å². The van der Waals surface area contributed by atoms with E-state index in [1.807, 2.05) is 31.2 Å². The molecule has 2 aromatic heterocycles. The van der Waals surface area contributed by atoms with Gasteiger partial charge in [0.25, 0.3) is 0 Å². The van der Waals surface area contributed by atoms with E-state index in [4.69, 9.17) is 4.52 Å². The van der Waals surface area contributed by atoms with Crippen molar-refractivity contribution in [3.8, 4) is 11.3 Å². The van der Waals surface area contributed by atoms with Crippen LogP contribution < -0.4 is 0 Å². The molecule has 6 nitrogen and oxygen atoms in total. The Kier molecular flexibility index (Phi) is 5.61. The van der Waals surface area contributed by atoms with Crippen LogP contribution in [0.5, 0.6) is 0 Å². The molecule has 0 atom stereocenters. The highest BCUT2D eigenvalue weighted by molar-refractivity contribution is 5.91. The molecule has 7 heteroatoms. The fourth-order valence-electron chi connectivity index (χ4n) is 3.53. The van der Waals surface area contributed by atoms with Crippen LogP contribution in [0.1, 0.15) is 30.6 Å². The Hall–Kier alpha value is -3.48. The number of aromatic amines is 1. The molecule has 0 bridgehead atoms. The summed E-state index contributed by atoms with van der Waals surface area (Å²) in [6, 6.07) is 14.4. The van der Waals surface area contributed by atoms with Gasteiger partial charge in [-0.2, -0.15) is 4.98 Å². The first kappa shape index (κ1) is 19.8. The third-order valence-corrected chi connectivity index (χ3v) is 5.16. The van der Waals surface area contributed by atoms with Crippen LogP contribution in [-0.4, -0.2) is 33.0 Å². The summed E-state index contributed by atoms with van der Waals surface area (Å²) in [6.07, 6.45) is 1.58. The monoisotopic (exact) mass is 406 g/mol. The summed E-state index contributed by atoms with van der Waals surface area (Å²) in [5, 5.41) is 4.93. The van der Waals surface area contributed by atoms with Crippen molar-refractivity contribution >= 4 is 16.8 Å². The SMILES string of the molecule is CCc1noc(CN(C)C(=O)CCc2c(-c3ccc(F)cc3)[nH]c3ccccc23)n1. The largest absolute Gasteiger partial charge is 0.354 e. The van der Waals surface area contributed by atoms with E-state index in [1.165, 1.54) is 12.1 Å². The van der Waals surface area contributed by atoms with Crippen molar-refractivity contribution in [2.75, 3.05) is 7.05 Å². The van der Waals surface area contributed by atoms with Crippen molar-refractivity contribution in [2.45, 2.75) is 32.7 Å². The maximum atomic E-state index is 13.4. The van der Waals surface area contributed by atoms with E-state index in [0.29, 0.717) is 31.0 Å². The Morgan fingerprint density at radius 2 is 1.93 bits per heavy atom. The maximum Gasteiger partial charge on any atom is 0.246 e. The van der Waals surface area contributed by atoms with Crippen LogP contribution in [0.4, 0.5) is 4.39 Å². The van der Waals surface area contributed by atoms with E-state index in [1.54, 1.807) is 24.1 Å². The normalized spacial score (nSPS) is 11.2. The first-order valence-electron chi connectivity index (χ1n) is 9.96. The predicted molar refractivity (Wildman–Crippen MR) is 112 cm³/mol. The van der Waals surface area contributed by atoms with Gasteiger partial charge in [0.1, 0.15) is 5.82 Å². The highest BCUT2D eigenvalue weighted by atomic mass is 19.1. The molecule has 1 amide bonds. The number of aryl methyl sites for hydroxylation is 2. The number of hydrogen-bond acceptors (Lipinski definition) is 4. The molecule has 4 rings (SSSR count). The first-order chi connectivity index (χ1) is 14.5. The number of rotatable bonds is 7. The zero-order valence-corrected chi connectivity index (χ0v) is 17.0. The third-order valence-electron chi connectivity index (χ3n) is 5.16. The summed E-state index contributed by atoms with van der Waals surface area (Å²) in [7, 11) is 1.73. The van der Waals surface area contributed by atoms with E-state index in [9.17, 15) is 9.18 Å². The lowest BCUT2D eigenvalue weighted by atomic mass is 10.0. The van der Waals surface area contributed by atoms with Gasteiger partial charge in [-0.25, -0.2) is 4.39 Å². The number of H-pyrrole nitrogens is 1. The number of para-hydroxylation sites is 1. The number of benzene rings is 2. The van der Waals surface area contributed by atoms with Crippen LogP contribution in [0.2, 0.25) is 0 Å². The average Bonchev–Trinajstić information content (AvgIpc) is 3.36. The maximum absolute atomic E-state index is 13.4. The van der Waals surface area contributed by atoms with Gasteiger partial charge in [-0.3, -0.25) is 4.79 Å². The predicted octanol–water partition coefficient (Wildman–Crippen LogP) is 4.51. The number of carbonyl (C=O) groups excluding carboxylic acids is 1. The number of halogens is 1. The zero-order valence-electron chi connectivity index (χ0n) is 17.0. The quantitative estimate of drug-likeness (QED) is 0.490. The fraction of sp³-hybridized carbons (Fsp3) is 0.261. The van der Waals surface area contributed by atoms with Crippen LogP contribution in [0.15, 0.2) is 53.1 Å². The molecule has 0 unspecified atom stereocenters. The number of aromatic nitrogens is 3. The Balaban J connectivity index is 1.53. The molecule has 154 valence electrons. The summed E-state index contributed by atoms with van der Waals surface area (Å²) in [5.74, 6) is 0.775. The van der Waals surface area contributed by atoms with Crippen LogP contribution in [0, 0.1) is 5.82 Å². The van der Waals surface area contributed by atoms with Crippen LogP contribution in [0.25, 0.3) is 22.2 Å². The number of fused-ring (bicyclic) bond motifs is 1. The highest BCUT2D eigenvalue weighted by Gasteiger charge is 2.17. The third kappa shape index (κ3) is 4.10. The van der Waals surface area contributed by atoms with E-state index in [0.717, 1.165) is 27.7 Å². The Morgan fingerprint density at radius 1 is 1.17 bits per heavy atom. The summed E-state index contributed by atoms with van der Waals surface area (Å²) in [5.41, 5.74) is 3.84. The minimum atomic E-state index is -0.277. The Bertz CT molecular complexity index is 1160. The van der Waals surface area contributed by atoms with Gasteiger partial charge in [0.05, 0.1) is 6.54 Å². The summed E-state index contributed by atoms with van der Waals surface area (Å²) in [6.45, 7) is 2.23. The topological polar surface area (TPSA) is 75.0 Å². The van der Waals surface area contributed by atoms with Crippen molar-refractivity contribution in [1.29, 1.82) is 0 Å². The smallest absolute Gasteiger partial charge is 0.246 e. The molecule has 2 aromatic carbocycles. The number of nitrogens with zero attached hydrogens (tertiary/aromatic N) is 3. The van der Waals surface area contributed by atoms with Crippen molar-refractivity contribution in [3.05, 3.63) is 71.6 Å². The van der Waals surface area contributed by atoms with Gasteiger partial charge in [0.2, 0.25) is 11.8 Å². The van der Waals surface area contributed by atoms with Crippen LogP contribution in [0.3, 0.4) is 0 Å². The molecule has 1 N–H and O–H groups in total. The van der Waals surface area contributed by atoms with E-state index in [-0.39, 0.29) is 18.3 Å². The van der Waals surface area contributed by atoms with Crippen molar-refractivity contribution < 1.29 is 13.7 Å². The molecule has 0 saturated carbocycles. The fourth-order valence-corrected chi connectivity index (χ4v) is 3.53. The minimum absolute atomic E-state index is 0.0124. The van der Waals surface area contributed by atoms with Crippen molar-refractivity contribution in [2.24, 2.45) is 0 Å². The molecular weight excluding hydrogens is 383 g/mol. The molecule has 0 aliphatic rings. The zero-order chi connectivity index (χ0) is 21.1. The molecule has 4 aromatic rings. The van der Waals surface area contributed by atoms with Crippen LogP contribution >= 0.6 is 0 Å². The number of hydrogen-bond donors (Lipinski definition) is 1. The Morgan fingerprint density at radius 3 is 2.67 bits per heavy atom. The second kappa shape index (κ2) is 8.49. The lowest BCUT2D eigenvalue weighted by molar-refractivity contribution is -0.130. The number of carbonyl (C=O) groups is 1. The first-order valence-corrected chi connectivity index (χ1v) is 9.96. The molecule has 0 aliphatic heterocycles. The minimum Gasteiger partial charge on any atom is -0.354 e.